The van der Waals surface area contributed by atoms with Crippen molar-refractivity contribution in [3.8, 4) is 0 Å². The number of amides is 2. The quantitative estimate of drug-likeness (QED) is 0.241. The molecule has 0 saturated carbocycles. The van der Waals surface area contributed by atoms with E-state index in [0.29, 0.717) is 32.2 Å². The van der Waals surface area contributed by atoms with E-state index in [9.17, 15) is 9.59 Å². The summed E-state index contributed by atoms with van der Waals surface area (Å²) in [5.74, 6) is 0.511. The van der Waals surface area contributed by atoms with Gasteiger partial charge in [0.1, 0.15) is 5.50 Å². The number of ether oxygens (including phenoxy) is 1. The molecule has 5 N–H and O–H groups in total. The maximum Gasteiger partial charge on any atom is 0.227 e. The van der Waals surface area contributed by atoms with E-state index in [0.717, 1.165) is 25.8 Å². The Balaban J connectivity index is 1.16. The zero-order valence-corrected chi connectivity index (χ0v) is 24.2. The maximum atomic E-state index is 13.6. The van der Waals surface area contributed by atoms with E-state index >= 15 is 0 Å². The van der Waals surface area contributed by atoms with Gasteiger partial charge in [-0.25, -0.2) is 0 Å². The van der Waals surface area contributed by atoms with E-state index < -0.39 is 0 Å². The van der Waals surface area contributed by atoms with E-state index in [-0.39, 0.29) is 75.3 Å². The van der Waals surface area contributed by atoms with Gasteiger partial charge in [0.15, 0.2) is 0 Å². The Morgan fingerprint density at radius 3 is 2.54 bits per heavy atom. The van der Waals surface area contributed by atoms with E-state index in [1.54, 1.807) is 18.9 Å². The zero-order chi connectivity index (χ0) is 26.3. The summed E-state index contributed by atoms with van der Waals surface area (Å²) in [7, 11) is 1.75. The van der Waals surface area contributed by atoms with Crippen LogP contribution >= 0.6 is 35.0 Å². The smallest absolute Gasteiger partial charge is 0.227 e. The Labute approximate surface area is 234 Å². The fourth-order valence-corrected chi connectivity index (χ4v) is 9.00. The molecular weight excluding hydrogens is 535 g/mol. The van der Waals surface area contributed by atoms with Crippen molar-refractivity contribution in [2.45, 2.75) is 79.0 Å². The summed E-state index contributed by atoms with van der Waals surface area (Å²) >= 11 is 14.5. The van der Waals surface area contributed by atoms with Gasteiger partial charge < -0.3 is 25.6 Å². The minimum absolute atomic E-state index is 0.000185. The molecule has 5 aliphatic heterocycles. The molecule has 12 atom stereocenters. The first-order valence-electron chi connectivity index (χ1n) is 13.7. The topological polar surface area (TPSA) is 107 Å². The van der Waals surface area contributed by atoms with Crippen molar-refractivity contribution in [3.05, 3.63) is 0 Å². The van der Waals surface area contributed by atoms with Crippen molar-refractivity contribution >= 4 is 46.8 Å². The third-order valence-electron chi connectivity index (χ3n) is 9.13. The molecule has 9 nitrogen and oxygen atoms in total. The first-order chi connectivity index (χ1) is 17.7. The molecule has 2 amide bonds. The van der Waals surface area contributed by atoms with Gasteiger partial charge in [-0.05, 0) is 44.9 Å². The summed E-state index contributed by atoms with van der Waals surface area (Å²) in [5.41, 5.74) is -0.237. The number of rotatable bonds is 5. The molecule has 0 bridgehead atoms. The number of likely N-dealkylation sites (tertiary alicyclic amines) is 1. The van der Waals surface area contributed by atoms with Crippen LogP contribution in [0, 0.1) is 23.7 Å². The van der Waals surface area contributed by atoms with E-state index in [1.807, 2.05) is 4.90 Å². The number of nitrogens with zero attached hydrogens (tertiary/aromatic N) is 1. The number of carbonyl (C=O) groups excluding carboxylic acids is 2. The monoisotopic (exact) mass is 576 g/mol. The molecule has 0 aromatic heterocycles. The number of alkyl halides is 2. The summed E-state index contributed by atoms with van der Waals surface area (Å²) in [4.78, 5) is 28.8. The van der Waals surface area contributed by atoms with Crippen molar-refractivity contribution in [1.29, 1.82) is 0 Å². The predicted molar refractivity (Wildman–Crippen MR) is 148 cm³/mol. The molecule has 5 fully saturated rings. The summed E-state index contributed by atoms with van der Waals surface area (Å²) in [6, 6.07) is 0.674. The lowest BCUT2D eigenvalue weighted by molar-refractivity contribution is -0.136. The van der Waals surface area contributed by atoms with Gasteiger partial charge in [-0.2, -0.15) is 0 Å². The molecule has 210 valence electrons. The molecular formula is C25H42Cl2N6O3S. The predicted octanol–water partition coefficient (Wildman–Crippen LogP) is 0.711. The van der Waals surface area contributed by atoms with E-state index in [2.05, 4.69) is 40.4 Å². The Kier molecular flexibility index (Phi) is 9.18. The van der Waals surface area contributed by atoms with Crippen LogP contribution in [-0.4, -0.2) is 102 Å². The normalized spacial score (nSPS) is 46.5. The lowest BCUT2D eigenvalue weighted by atomic mass is 9.70. The summed E-state index contributed by atoms with van der Waals surface area (Å²) in [6.07, 6.45) is 2.50. The molecule has 5 aliphatic rings. The van der Waals surface area contributed by atoms with E-state index in [1.165, 1.54) is 0 Å². The minimum Gasteiger partial charge on any atom is -0.380 e. The number of thioether (sulfide) groups is 1. The number of carbonyl (C=O) groups is 2. The molecule has 5 heterocycles. The van der Waals surface area contributed by atoms with Crippen LogP contribution in [0.4, 0.5) is 0 Å². The highest BCUT2D eigenvalue weighted by Crippen LogP contribution is 2.39. The number of methoxy groups -OCH3 is 1. The average molecular weight is 578 g/mol. The molecule has 0 spiro atoms. The van der Waals surface area contributed by atoms with Gasteiger partial charge in [-0.3, -0.25) is 20.2 Å². The molecule has 0 radical (unpaired) electrons. The minimum atomic E-state index is -0.144. The van der Waals surface area contributed by atoms with Gasteiger partial charge in [0.2, 0.25) is 11.8 Å². The van der Waals surface area contributed by atoms with E-state index in [4.69, 9.17) is 27.9 Å². The second-order valence-electron chi connectivity index (χ2n) is 11.6. The van der Waals surface area contributed by atoms with Crippen LogP contribution in [0.5, 0.6) is 0 Å². The van der Waals surface area contributed by atoms with Crippen LogP contribution in [0.3, 0.4) is 0 Å². The van der Waals surface area contributed by atoms with Crippen molar-refractivity contribution in [2.75, 3.05) is 39.8 Å². The number of nitrogens with one attached hydrogen (secondary N) is 5. The molecule has 12 unspecified atom stereocenters. The maximum absolute atomic E-state index is 13.6. The van der Waals surface area contributed by atoms with Crippen molar-refractivity contribution in [2.24, 2.45) is 23.7 Å². The fraction of sp³-hybridized carbons (Fsp3) is 0.920. The van der Waals surface area contributed by atoms with Gasteiger partial charge in [-0.1, -0.05) is 0 Å². The van der Waals surface area contributed by atoms with Crippen LogP contribution in [-0.2, 0) is 14.3 Å². The average Bonchev–Trinajstić information content (AvgIpc) is 3.43. The van der Waals surface area contributed by atoms with Crippen molar-refractivity contribution < 1.29 is 14.3 Å². The van der Waals surface area contributed by atoms with Gasteiger partial charge >= 0.3 is 0 Å². The molecule has 5 rings (SSSR count). The SMILES string of the molecule is COC1CNC(Cl)CC1C1CC(C)NCC1C(=O)NC1NC2CN(C(=O)C3CC(Cl)CNC3C)CC2S1. The Hall–Kier alpha value is -0.330. The van der Waals surface area contributed by atoms with Gasteiger partial charge in [-0.15, -0.1) is 35.0 Å². The van der Waals surface area contributed by atoms with Crippen molar-refractivity contribution in [1.82, 2.24) is 31.5 Å². The second-order valence-corrected chi connectivity index (χ2v) is 14.1. The number of hydrogen-bond donors (Lipinski definition) is 5. The van der Waals surface area contributed by atoms with Crippen molar-refractivity contribution in [3.63, 3.8) is 0 Å². The molecule has 12 heteroatoms. The standard InChI is InChI=1S/C25H42Cl2N6O3S/c1-12-4-16(17-6-22(27)30-9-20(17)36-3)18(8-28-12)23(34)32-25-31-19-10-33(11-21(19)37-25)24(35)15-5-14(26)7-29-13(15)2/h12-22,25,28-31H,4-11H2,1-3H3,(H,32,34). The molecule has 37 heavy (non-hydrogen) atoms. The second kappa shape index (κ2) is 12.0. The van der Waals surface area contributed by atoms with Gasteiger partial charge in [0.25, 0.3) is 0 Å². The highest BCUT2D eigenvalue weighted by molar-refractivity contribution is 8.00. The number of piperidine rings is 3. The lowest BCUT2D eigenvalue weighted by Gasteiger charge is -2.45. The van der Waals surface area contributed by atoms with Crippen LogP contribution in [0.2, 0.25) is 0 Å². The summed E-state index contributed by atoms with van der Waals surface area (Å²) in [5, 5.41) is 17.3. The van der Waals surface area contributed by atoms with Crippen LogP contribution < -0.4 is 26.6 Å². The fourth-order valence-electron chi connectivity index (χ4n) is 7.01. The highest BCUT2D eigenvalue weighted by Gasteiger charge is 2.48. The van der Waals surface area contributed by atoms with Crippen LogP contribution in [0.1, 0.15) is 33.1 Å². The summed E-state index contributed by atoms with van der Waals surface area (Å²) in [6.45, 7) is 7.75. The number of halogens is 2. The Morgan fingerprint density at radius 2 is 1.78 bits per heavy atom. The van der Waals surface area contributed by atoms with Crippen LogP contribution in [0.25, 0.3) is 0 Å². The largest absolute Gasteiger partial charge is 0.380 e. The van der Waals surface area contributed by atoms with Gasteiger partial charge in [0, 0.05) is 68.6 Å². The zero-order valence-electron chi connectivity index (χ0n) is 21.9. The first kappa shape index (κ1) is 28.2. The molecule has 0 aromatic carbocycles. The first-order valence-corrected chi connectivity index (χ1v) is 15.6. The van der Waals surface area contributed by atoms with Crippen LogP contribution in [0.15, 0.2) is 0 Å². The Bertz CT molecular complexity index is 830. The number of hydrogen-bond acceptors (Lipinski definition) is 8. The third-order valence-corrected chi connectivity index (χ3v) is 11.2. The molecule has 0 aromatic rings. The summed E-state index contributed by atoms with van der Waals surface area (Å²) < 4.78 is 5.80. The van der Waals surface area contributed by atoms with Gasteiger partial charge in [0.05, 0.1) is 23.4 Å². The highest BCUT2D eigenvalue weighted by atomic mass is 35.5. The third kappa shape index (κ3) is 6.21. The lowest BCUT2D eigenvalue weighted by Crippen LogP contribution is -2.57. The Morgan fingerprint density at radius 1 is 0.973 bits per heavy atom. The molecule has 5 saturated heterocycles. The molecule has 0 aliphatic carbocycles. The number of fused-ring (bicyclic) bond motifs is 1.